The summed E-state index contributed by atoms with van der Waals surface area (Å²) in [4.78, 5) is 20.4. The van der Waals surface area contributed by atoms with E-state index in [0.717, 1.165) is 58.3 Å². The molecule has 0 saturated carbocycles. The number of hydrogen-bond acceptors (Lipinski definition) is 4. The zero-order valence-electron chi connectivity index (χ0n) is 14.5. The molecule has 1 amide bonds. The molecule has 6 nitrogen and oxygen atoms in total. The molecule has 0 bridgehead atoms. The van der Waals surface area contributed by atoms with Crippen LogP contribution in [0.1, 0.15) is 26.7 Å². The van der Waals surface area contributed by atoms with Crippen LogP contribution in [0.4, 0.5) is 0 Å². The highest BCUT2D eigenvalue weighted by atomic mass is 32.2. The Morgan fingerprint density at radius 1 is 1.26 bits per heavy atom. The first-order chi connectivity index (χ1) is 11.2. The Morgan fingerprint density at radius 2 is 2.04 bits per heavy atom. The second kappa shape index (κ2) is 10.0. The second-order valence-electron chi connectivity index (χ2n) is 6.13. The van der Waals surface area contributed by atoms with Gasteiger partial charge in [-0.05, 0) is 25.5 Å². The SMILES string of the molecule is CCNC(=NCC1CCCS1)NCCN1CCN(C(C)=O)CC1. The largest absolute Gasteiger partial charge is 0.357 e. The molecule has 0 aromatic rings. The number of guanidine groups is 1. The summed E-state index contributed by atoms with van der Waals surface area (Å²) in [5.74, 6) is 2.41. The normalized spacial score (nSPS) is 23.1. The van der Waals surface area contributed by atoms with Gasteiger partial charge in [-0.1, -0.05) is 0 Å². The van der Waals surface area contributed by atoms with Gasteiger partial charge in [0.15, 0.2) is 5.96 Å². The lowest BCUT2D eigenvalue weighted by atomic mass is 10.2. The quantitative estimate of drug-likeness (QED) is 0.547. The van der Waals surface area contributed by atoms with Crippen LogP contribution in [-0.2, 0) is 4.79 Å². The Hall–Kier alpha value is -0.950. The molecule has 1 atom stereocenters. The molecule has 23 heavy (non-hydrogen) atoms. The summed E-state index contributed by atoms with van der Waals surface area (Å²) in [7, 11) is 0. The zero-order valence-corrected chi connectivity index (χ0v) is 15.3. The van der Waals surface area contributed by atoms with Crippen LogP contribution in [0.15, 0.2) is 4.99 Å². The second-order valence-corrected chi connectivity index (χ2v) is 7.54. The summed E-state index contributed by atoms with van der Waals surface area (Å²) in [5, 5.41) is 7.46. The molecule has 0 radical (unpaired) electrons. The van der Waals surface area contributed by atoms with E-state index in [4.69, 9.17) is 4.99 Å². The molecule has 0 aromatic carbocycles. The van der Waals surface area contributed by atoms with Crippen molar-refractivity contribution in [3.63, 3.8) is 0 Å². The maximum absolute atomic E-state index is 11.3. The maximum atomic E-state index is 11.3. The number of carbonyl (C=O) groups excluding carboxylic acids is 1. The molecule has 2 aliphatic heterocycles. The van der Waals surface area contributed by atoms with E-state index in [0.29, 0.717) is 5.25 Å². The predicted molar refractivity (Wildman–Crippen MR) is 98.2 cm³/mol. The van der Waals surface area contributed by atoms with Gasteiger partial charge in [-0.2, -0.15) is 11.8 Å². The monoisotopic (exact) mass is 341 g/mol. The Balaban J connectivity index is 1.65. The number of hydrogen-bond donors (Lipinski definition) is 2. The van der Waals surface area contributed by atoms with Crippen molar-refractivity contribution in [1.29, 1.82) is 0 Å². The Labute approximate surface area is 144 Å². The summed E-state index contributed by atoms with van der Waals surface area (Å²) in [6, 6.07) is 0. The van der Waals surface area contributed by atoms with Gasteiger partial charge in [0.1, 0.15) is 0 Å². The lowest BCUT2D eigenvalue weighted by molar-refractivity contribution is -0.130. The third-order valence-electron chi connectivity index (χ3n) is 4.36. The maximum Gasteiger partial charge on any atom is 0.219 e. The fourth-order valence-corrected chi connectivity index (χ4v) is 4.12. The number of piperazine rings is 1. The molecule has 0 aromatic heterocycles. The average molecular weight is 342 g/mol. The first-order valence-corrected chi connectivity index (χ1v) is 9.85. The van der Waals surface area contributed by atoms with Gasteiger partial charge in [-0.15, -0.1) is 0 Å². The van der Waals surface area contributed by atoms with Crippen LogP contribution in [0.5, 0.6) is 0 Å². The van der Waals surface area contributed by atoms with Crippen molar-refractivity contribution in [2.45, 2.75) is 31.9 Å². The molecule has 2 saturated heterocycles. The highest BCUT2D eigenvalue weighted by Crippen LogP contribution is 2.25. The Kier molecular flexibility index (Phi) is 8.02. The molecule has 0 spiro atoms. The van der Waals surface area contributed by atoms with Crippen LogP contribution >= 0.6 is 11.8 Å². The minimum Gasteiger partial charge on any atom is -0.357 e. The summed E-state index contributed by atoms with van der Waals surface area (Å²) in [6.07, 6.45) is 2.63. The minimum atomic E-state index is 0.189. The molecule has 0 aliphatic carbocycles. The number of nitrogens with zero attached hydrogens (tertiary/aromatic N) is 3. The van der Waals surface area contributed by atoms with Gasteiger partial charge in [-0.3, -0.25) is 14.7 Å². The van der Waals surface area contributed by atoms with Gasteiger partial charge in [0.05, 0.1) is 6.54 Å². The first-order valence-electron chi connectivity index (χ1n) is 8.80. The van der Waals surface area contributed by atoms with Gasteiger partial charge in [-0.25, -0.2) is 0 Å². The van der Waals surface area contributed by atoms with E-state index in [1.165, 1.54) is 18.6 Å². The van der Waals surface area contributed by atoms with Crippen molar-refractivity contribution in [3.8, 4) is 0 Å². The lowest BCUT2D eigenvalue weighted by Crippen LogP contribution is -2.50. The van der Waals surface area contributed by atoms with E-state index in [9.17, 15) is 4.79 Å². The van der Waals surface area contributed by atoms with Crippen LogP contribution < -0.4 is 10.6 Å². The molecule has 2 rings (SSSR count). The first kappa shape index (κ1) is 18.4. The van der Waals surface area contributed by atoms with E-state index in [2.05, 4.69) is 22.5 Å². The highest BCUT2D eigenvalue weighted by molar-refractivity contribution is 8.00. The molecule has 2 heterocycles. The van der Waals surface area contributed by atoms with Crippen LogP contribution in [0.25, 0.3) is 0 Å². The van der Waals surface area contributed by atoms with Crippen LogP contribution in [0, 0.1) is 0 Å². The predicted octanol–water partition coefficient (Wildman–Crippen LogP) is 0.601. The van der Waals surface area contributed by atoms with E-state index in [1.807, 2.05) is 16.7 Å². The van der Waals surface area contributed by atoms with Crippen molar-refractivity contribution in [3.05, 3.63) is 0 Å². The lowest BCUT2D eigenvalue weighted by Gasteiger charge is -2.34. The molecule has 2 N–H and O–H groups in total. The van der Waals surface area contributed by atoms with Crippen molar-refractivity contribution >= 4 is 23.6 Å². The number of amides is 1. The van der Waals surface area contributed by atoms with Gasteiger partial charge >= 0.3 is 0 Å². The van der Waals surface area contributed by atoms with Gasteiger partial charge in [0.25, 0.3) is 0 Å². The zero-order chi connectivity index (χ0) is 16.5. The van der Waals surface area contributed by atoms with Crippen LogP contribution in [0.3, 0.4) is 0 Å². The smallest absolute Gasteiger partial charge is 0.219 e. The summed E-state index contributed by atoms with van der Waals surface area (Å²) < 4.78 is 0. The molecule has 1 unspecified atom stereocenters. The summed E-state index contributed by atoms with van der Waals surface area (Å²) >= 11 is 2.05. The van der Waals surface area contributed by atoms with Gasteiger partial charge < -0.3 is 15.5 Å². The number of carbonyl (C=O) groups is 1. The topological polar surface area (TPSA) is 60.0 Å². The highest BCUT2D eigenvalue weighted by Gasteiger charge is 2.18. The third kappa shape index (κ3) is 6.59. The molecule has 2 aliphatic rings. The third-order valence-corrected chi connectivity index (χ3v) is 5.74. The molecule has 132 valence electrons. The van der Waals surface area contributed by atoms with Crippen molar-refractivity contribution < 1.29 is 4.79 Å². The molecular formula is C16H31N5OS. The van der Waals surface area contributed by atoms with Gasteiger partial charge in [0, 0.05) is 58.0 Å². The Morgan fingerprint density at radius 3 is 2.65 bits per heavy atom. The number of thioether (sulfide) groups is 1. The summed E-state index contributed by atoms with van der Waals surface area (Å²) in [5.41, 5.74) is 0. The fourth-order valence-electron chi connectivity index (χ4n) is 2.94. The van der Waals surface area contributed by atoms with Crippen molar-refractivity contribution in [1.82, 2.24) is 20.4 Å². The van der Waals surface area contributed by atoms with E-state index >= 15 is 0 Å². The van der Waals surface area contributed by atoms with Crippen LogP contribution in [-0.4, -0.2) is 85.0 Å². The number of nitrogens with one attached hydrogen (secondary N) is 2. The van der Waals surface area contributed by atoms with Crippen molar-refractivity contribution in [2.24, 2.45) is 4.99 Å². The fraction of sp³-hybridized carbons (Fsp3) is 0.875. The number of rotatable bonds is 6. The standard InChI is InChI=1S/C16H31N5OS/c1-3-17-16(19-13-15-5-4-12-23-15)18-6-7-20-8-10-21(11-9-20)14(2)22/h15H,3-13H2,1-2H3,(H2,17,18,19). The molecule has 2 fully saturated rings. The van der Waals surface area contributed by atoms with Gasteiger partial charge in [0.2, 0.25) is 5.91 Å². The Bertz CT molecular complexity index is 390. The van der Waals surface area contributed by atoms with E-state index in [-0.39, 0.29) is 5.91 Å². The van der Waals surface area contributed by atoms with Crippen LogP contribution in [0.2, 0.25) is 0 Å². The van der Waals surface area contributed by atoms with Crippen molar-refractivity contribution in [2.75, 3.05) is 58.1 Å². The minimum absolute atomic E-state index is 0.189. The molecular weight excluding hydrogens is 310 g/mol. The van der Waals surface area contributed by atoms with E-state index < -0.39 is 0 Å². The average Bonchev–Trinajstić information content (AvgIpc) is 3.06. The molecule has 7 heteroatoms. The van der Waals surface area contributed by atoms with E-state index in [1.54, 1.807) is 6.92 Å². The summed E-state index contributed by atoms with van der Waals surface area (Å²) in [6.45, 7) is 11.1. The number of aliphatic imine (C=N–C) groups is 1.